The lowest BCUT2D eigenvalue weighted by molar-refractivity contribution is -0.118. The van der Waals surface area contributed by atoms with Gasteiger partial charge in [-0.1, -0.05) is 36.4 Å². The maximum atomic E-state index is 15.5. The molecule has 0 saturated carbocycles. The molecule has 15 heteroatoms. The summed E-state index contributed by atoms with van der Waals surface area (Å²) in [5.41, 5.74) is 1.74. The van der Waals surface area contributed by atoms with Crippen LogP contribution < -0.4 is 10.6 Å². The SMILES string of the molecule is COC(=O)N[C@H](C(=O)Nc1cncc(F)c1CC[C@@H]1CN(C(=O)OC(C)(C)C)[C@H](c2nc3ccccc3[nH]2)CO1)C(c1ccc(F)cc1)c1ccc(F)cc1. The number of pyridine rings is 1. The van der Waals surface area contributed by atoms with E-state index in [1.165, 1.54) is 54.7 Å². The summed E-state index contributed by atoms with van der Waals surface area (Å²) in [4.78, 5) is 53.7. The molecule has 12 nitrogen and oxygen atoms in total. The minimum absolute atomic E-state index is 0.0265. The number of nitrogens with zero attached hydrogens (tertiary/aromatic N) is 3. The smallest absolute Gasteiger partial charge is 0.411 e. The second-order valence-electron chi connectivity index (χ2n) is 14.1. The molecule has 2 aromatic heterocycles. The number of rotatable bonds is 10. The summed E-state index contributed by atoms with van der Waals surface area (Å²) in [6.45, 7) is 5.50. The van der Waals surface area contributed by atoms with E-state index in [1.54, 1.807) is 25.7 Å². The summed E-state index contributed by atoms with van der Waals surface area (Å²) >= 11 is 0. The van der Waals surface area contributed by atoms with Gasteiger partial charge < -0.3 is 29.8 Å². The van der Waals surface area contributed by atoms with Crippen molar-refractivity contribution >= 4 is 34.8 Å². The third-order valence-electron chi connectivity index (χ3n) is 9.13. The van der Waals surface area contributed by atoms with Gasteiger partial charge in [0.05, 0.1) is 55.5 Å². The van der Waals surface area contributed by atoms with Crippen LogP contribution in [0.2, 0.25) is 0 Å². The van der Waals surface area contributed by atoms with Crippen molar-refractivity contribution in [1.29, 1.82) is 0 Å². The fourth-order valence-corrected chi connectivity index (χ4v) is 6.51. The summed E-state index contributed by atoms with van der Waals surface area (Å²) in [5, 5.41) is 5.24. The lowest BCUT2D eigenvalue weighted by Gasteiger charge is -2.39. The summed E-state index contributed by atoms with van der Waals surface area (Å²) in [6, 6.07) is 16.1. The molecule has 288 valence electrons. The molecule has 0 bridgehead atoms. The van der Waals surface area contributed by atoms with Gasteiger partial charge in [0.15, 0.2) is 0 Å². The highest BCUT2D eigenvalue weighted by Gasteiger charge is 2.38. The van der Waals surface area contributed by atoms with Crippen molar-refractivity contribution in [3.63, 3.8) is 0 Å². The molecule has 0 spiro atoms. The van der Waals surface area contributed by atoms with Crippen molar-refractivity contribution < 1.29 is 41.8 Å². The first-order valence-corrected chi connectivity index (χ1v) is 17.6. The maximum absolute atomic E-state index is 15.5. The molecule has 1 aliphatic rings. The standard InChI is InChI=1S/C40H41F3N6O6/c1-40(2,3)55-39(52)49-21-27(54-22-33(49)36-45-30-7-5-6-8-31(30)46-36)17-18-28-29(43)19-44-20-32(28)47-37(50)35(48-38(51)53-4)34(23-9-13-25(41)14-10-23)24-11-15-26(42)16-12-24/h5-16,19-20,27,33-35H,17-18,21-22H2,1-4H3,(H,45,46)(H,47,50)(H,48,51)/t27-,33+,35+/m1/s1. The summed E-state index contributed by atoms with van der Waals surface area (Å²) < 4.78 is 60.3. The number of ether oxygens (including phenoxy) is 3. The third-order valence-corrected chi connectivity index (χ3v) is 9.13. The molecule has 3 amide bonds. The molecule has 3 heterocycles. The van der Waals surface area contributed by atoms with Crippen molar-refractivity contribution in [1.82, 2.24) is 25.2 Å². The Morgan fingerprint density at radius 3 is 2.24 bits per heavy atom. The Balaban J connectivity index is 1.24. The topological polar surface area (TPSA) is 148 Å². The molecule has 0 radical (unpaired) electrons. The number of alkyl carbamates (subject to hydrolysis) is 1. The minimum atomic E-state index is -1.40. The number of methoxy groups -OCH3 is 1. The molecule has 55 heavy (non-hydrogen) atoms. The van der Waals surface area contributed by atoms with E-state index >= 15 is 4.39 Å². The zero-order chi connectivity index (χ0) is 39.3. The Morgan fingerprint density at radius 1 is 0.964 bits per heavy atom. The third kappa shape index (κ3) is 9.41. The van der Waals surface area contributed by atoms with Gasteiger partial charge in [0.25, 0.3) is 0 Å². The number of hydrogen-bond acceptors (Lipinski definition) is 8. The number of halogens is 3. The number of anilines is 1. The lowest BCUT2D eigenvalue weighted by atomic mass is 9.84. The molecule has 0 unspecified atom stereocenters. The number of nitrogens with one attached hydrogen (secondary N) is 3. The Bertz CT molecular complexity index is 2060. The monoisotopic (exact) mass is 758 g/mol. The first-order valence-electron chi connectivity index (χ1n) is 17.6. The van der Waals surface area contributed by atoms with Crippen molar-refractivity contribution in [3.8, 4) is 0 Å². The molecule has 3 N–H and O–H groups in total. The van der Waals surface area contributed by atoms with E-state index in [0.29, 0.717) is 17.0 Å². The number of aromatic amines is 1. The van der Waals surface area contributed by atoms with Gasteiger partial charge in [-0.2, -0.15) is 0 Å². The molecular formula is C40H41F3N6O6. The molecule has 5 aromatic rings. The largest absolute Gasteiger partial charge is 0.453 e. The average Bonchev–Trinajstić information content (AvgIpc) is 3.59. The highest BCUT2D eigenvalue weighted by molar-refractivity contribution is 5.98. The number of H-pyrrole nitrogens is 1. The first-order chi connectivity index (χ1) is 26.3. The predicted molar refractivity (Wildman–Crippen MR) is 197 cm³/mol. The summed E-state index contributed by atoms with van der Waals surface area (Å²) in [5.74, 6) is -2.97. The Hall–Kier alpha value is -5.96. The van der Waals surface area contributed by atoms with E-state index in [4.69, 9.17) is 14.2 Å². The van der Waals surface area contributed by atoms with E-state index in [9.17, 15) is 23.2 Å². The highest BCUT2D eigenvalue weighted by Crippen LogP contribution is 2.33. The maximum Gasteiger partial charge on any atom is 0.411 e. The van der Waals surface area contributed by atoms with Crippen LogP contribution >= 0.6 is 0 Å². The number of amides is 3. The summed E-state index contributed by atoms with van der Waals surface area (Å²) in [6.07, 6.45) is 0.518. The molecule has 6 rings (SSSR count). The van der Waals surface area contributed by atoms with E-state index in [-0.39, 0.29) is 37.2 Å². The van der Waals surface area contributed by atoms with Gasteiger partial charge in [0.1, 0.15) is 41.0 Å². The second kappa shape index (κ2) is 16.6. The molecular weight excluding hydrogens is 717 g/mol. The van der Waals surface area contributed by atoms with Gasteiger partial charge in [-0.3, -0.25) is 14.7 Å². The Kier molecular flexibility index (Phi) is 11.7. The fraction of sp³-hybridized carbons (Fsp3) is 0.325. The number of carbonyl (C=O) groups is 3. The fourth-order valence-electron chi connectivity index (χ4n) is 6.51. The summed E-state index contributed by atoms with van der Waals surface area (Å²) in [7, 11) is 1.12. The number of fused-ring (bicyclic) bond motifs is 1. The van der Waals surface area contributed by atoms with Crippen LogP contribution in [0, 0.1) is 17.5 Å². The van der Waals surface area contributed by atoms with Gasteiger partial charge >= 0.3 is 12.2 Å². The Morgan fingerprint density at radius 2 is 1.62 bits per heavy atom. The van der Waals surface area contributed by atoms with Crippen molar-refractivity contribution in [2.75, 3.05) is 25.6 Å². The van der Waals surface area contributed by atoms with Crippen molar-refractivity contribution in [3.05, 3.63) is 125 Å². The van der Waals surface area contributed by atoms with Gasteiger partial charge in [0, 0.05) is 11.5 Å². The van der Waals surface area contributed by atoms with Crippen LogP contribution in [0.4, 0.5) is 28.4 Å². The number of para-hydroxylation sites is 2. The van der Waals surface area contributed by atoms with Gasteiger partial charge in [0.2, 0.25) is 5.91 Å². The zero-order valence-corrected chi connectivity index (χ0v) is 30.6. The van der Waals surface area contributed by atoms with E-state index in [2.05, 4.69) is 25.6 Å². The molecule has 1 fully saturated rings. The van der Waals surface area contributed by atoms with Crippen LogP contribution in [0.1, 0.15) is 61.7 Å². The van der Waals surface area contributed by atoms with E-state index < -0.39 is 65.3 Å². The average molecular weight is 759 g/mol. The van der Waals surface area contributed by atoms with Crippen LogP contribution in [-0.4, -0.2) is 76.0 Å². The van der Waals surface area contributed by atoms with Gasteiger partial charge in [-0.05, 0) is 81.1 Å². The van der Waals surface area contributed by atoms with Crippen molar-refractivity contribution in [2.45, 2.75) is 63.3 Å². The molecule has 1 saturated heterocycles. The predicted octanol–water partition coefficient (Wildman–Crippen LogP) is 7.18. The molecule has 1 aliphatic heterocycles. The minimum Gasteiger partial charge on any atom is -0.453 e. The lowest BCUT2D eigenvalue weighted by Crippen LogP contribution is -2.49. The molecule has 0 aliphatic carbocycles. The number of benzene rings is 3. The quantitative estimate of drug-likeness (QED) is 0.136. The normalized spacial score (nSPS) is 16.5. The van der Waals surface area contributed by atoms with Gasteiger partial charge in [-0.15, -0.1) is 0 Å². The molecule has 3 atom stereocenters. The Labute approximate surface area is 315 Å². The second-order valence-corrected chi connectivity index (χ2v) is 14.1. The van der Waals surface area contributed by atoms with Crippen LogP contribution in [0.15, 0.2) is 85.2 Å². The van der Waals surface area contributed by atoms with Crippen molar-refractivity contribution in [2.24, 2.45) is 0 Å². The van der Waals surface area contributed by atoms with Crippen LogP contribution in [0.3, 0.4) is 0 Å². The zero-order valence-electron chi connectivity index (χ0n) is 30.6. The number of morpholine rings is 1. The van der Waals surface area contributed by atoms with Gasteiger partial charge in [-0.25, -0.2) is 27.7 Å². The van der Waals surface area contributed by atoms with Crippen LogP contribution in [-0.2, 0) is 25.4 Å². The van der Waals surface area contributed by atoms with E-state index in [0.717, 1.165) is 24.3 Å². The highest BCUT2D eigenvalue weighted by atomic mass is 19.1. The first kappa shape index (κ1) is 38.8. The van der Waals surface area contributed by atoms with E-state index in [1.807, 2.05) is 24.3 Å². The number of hydrogen-bond donors (Lipinski definition) is 3. The number of imidazole rings is 1. The number of carbonyl (C=O) groups excluding carboxylic acids is 3. The van der Waals surface area contributed by atoms with Crippen LogP contribution in [0.5, 0.6) is 0 Å². The molecule has 3 aromatic carbocycles. The van der Waals surface area contributed by atoms with Crippen LogP contribution in [0.25, 0.3) is 11.0 Å². The number of aromatic nitrogens is 3.